The van der Waals surface area contributed by atoms with Crippen LogP contribution in [-0.4, -0.2) is 17.1 Å². The van der Waals surface area contributed by atoms with E-state index < -0.39 is 0 Å². The number of nitrogens with zero attached hydrogens (tertiary/aromatic N) is 1. The monoisotopic (exact) mass is 235 g/mol. The summed E-state index contributed by atoms with van der Waals surface area (Å²) in [4.78, 5) is 4.56. The first kappa shape index (κ1) is 13.8. The fourth-order valence-corrected chi connectivity index (χ4v) is 1.89. The molecule has 0 spiro atoms. The van der Waals surface area contributed by atoms with Crippen LogP contribution >= 0.6 is 0 Å². The van der Waals surface area contributed by atoms with Gasteiger partial charge in [0.2, 0.25) is 0 Å². The Bertz CT molecular complexity index is 334. The van der Waals surface area contributed by atoms with E-state index in [0.717, 1.165) is 31.0 Å². The van der Waals surface area contributed by atoms with Crippen molar-refractivity contribution in [3.8, 4) is 0 Å². The van der Waals surface area contributed by atoms with Crippen molar-refractivity contribution < 1.29 is 0 Å². The number of aromatic nitrogens is 1. The maximum Gasteiger partial charge on any atom is 0.128 e. The maximum absolute atomic E-state index is 4.56. The molecule has 0 aliphatic rings. The van der Waals surface area contributed by atoms with Gasteiger partial charge in [-0.05, 0) is 38.8 Å². The number of hydrogen-bond donors (Lipinski definition) is 2. The van der Waals surface area contributed by atoms with Crippen molar-refractivity contribution in [3.05, 3.63) is 18.2 Å². The Kier molecular flexibility index (Phi) is 5.26. The molecule has 0 bridgehead atoms. The summed E-state index contributed by atoms with van der Waals surface area (Å²) in [5.74, 6) is 1.90. The van der Waals surface area contributed by atoms with Gasteiger partial charge in [0.25, 0.3) is 0 Å². The molecule has 0 unspecified atom stereocenters. The van der Waals surface area contributed by atoms with E-state index in [1.54, 1.807) is 0 Å². The summed E-state index contributed by atoms with van der Waals surface area (Å²) in [6.45, 7) is 9.75. The van der Waals surface area contributed by atoms with E-state index in [0.29, 0.717) is 0 Å². The minimum absolute atomic E-state index is 0.102. The number of pyridine rings is 1. The highest BCUT2D eigenvalue weighted by molar-refractivity contribution is 5.46. The highest BCUT2D eigenvalue weighted by atomic mass is 15.1. The minimum atomic E-state index is 0.102. The van der Waals surface area contributed by atoms with Crippen molar-refractivity contribution in [1.29, 1.82) is 0 Å². The second-order valence-corrected chi connectivity index (χ2v) is 5.09. The van der Waals surface area contributed by atoms with Crippen molar-refractivity contribution in [2.45, 2.75) is 52.5 Å². The van der Waals surface area contributed by atoms with Crippen LogP contribution < -0.4 is 10.6 Å². The van der Waals surface area contributed by atoms with E-state index in [1.807, 2.05) is 18.2 Å². The van der Waals surface area contributed by atoms with Gasteiger partial charge >= 0.3 is 0 Å². The van der Waals surface area contributed by atoms with Crippen LogP contribution in [0, 0.1) is 0 Å². The Morgan fingerprint density at radius 3 is 2.47 bits per heavy atom. The molecule has 2 N–H and O–H groups in total. The van der Waals surface area contributed by atoms with Gasteiger partial charge in [-0.3, -0.25) is 0 Å². The zero-order chi connectivity index (χ0) is 12.7. The SMILES string of the molecule is CCCNc1cccc(NC(C)(C)CCC)n1. The maximum atomic E-state index is 4.56. The van der Waals surface area contributed by atoms with Crippen LogP contribution in [0.25, 0.3) is 0 Å². The van der Waals surface area contributed by atoms with Gasteiger partial charge in [0.1, 0.15) is 11.6 Å². The molecule has 0 fully saturated rings. The van der Waals surface area contributed by atoms with Crippen LogP contribution in [0.2, 0.25) is 0 Å². The molecule has 0 saturated heterocycles. The zero-order valence-corrected chi connectivity index (χ0v) is 11.5. The van der Waals surface area contributed by atoms with E-state index in [-0.39, 0.29) is 5.54 Å². The predicted octanol–water partition coefficient (Wildman–Crippen LogP) is 3.89. The van der Waals surface area contributed by atoms with Gasteiger partial charge in [-0.25, -0.2) is 4.98 Å². The quantitative estimate of drug-likeness (QED) is 0.752. The number of hydrogen-bond acceptors (Lipinski definition) is 3. The lowest BCUT2D eigenvalue weighted by molar-refractivity contribution is 0.509. The first-order valence-electron chi connectivity index (χ1n) is 6.56. The summed E-state index contributed by atoms with van der Waals surface area (Å²) in [6, 6.07) is 6.07. The van der Waals surface area contributed by atoms with Gasteiger partial charge < -0.3 is 10.6 Å². The molecule has 1 heterocycles. The van der Waals surface area contributed by atoms with Gasteiger partial charge in [0, 0.05) is 12.1 Å². The topological polar surface area (TPSA) is 37.0 Å². The molecule has 3 nitrogen and oxygen atoms in total. The van der Waals surface area contributed by atoms with Crippen LogP contribution in [-0.2, 0) is 0 Å². The second kappa shape index (κ2) is 6.48. The van der Waals surface area contributed by atoms with Gasteiger partial charge in [0.05, 0.1) is 0 Å². The van der Waals surface area contributed by atoms with E-state index in [1.165, 1.54) is 6.42 Å². The molecule has 0 radical (unpaired) electrons. The molecule has 3 heteroatoms. The smallest absolute Gasteiger partial charge is 0.128 e. The van der Waals surface area contributed by atoms with Crippen molar-refractivity contribution in [2.24, 2.45) is 0 Å². The Morgan fingerprint density at radius 2 is 1.82 bits per heavy atom. The fraction of sp³-hybridized carbons (Fsp3) is 0.643. The summed E-state index contributed by atoms with van der Waals surface area (Å²) in [5, 5.41) is 6.79. The molecule has 1 aromatic heterocycles. The summed E-state index contributed by atoms with van der Waals surface area (Å²) >= 11 is 0. The van der Waals surface area contributed by atoms with Gasteiger partial charge in [-0.2, -0.15) is 0 Å². The fourth-order valence-electron chi connectivity index (χ4n) is 1.89. The molecule has 96 valence electrons. The van der Waals surface area contributed by atoms with E-state index >= 15 is 0 Å². The highest BCUT2D eigenvalue weighted by Crippen LogP contribution is 2.19. The number of rotatable bonds is 7. The van der Waals surface area contributed by atoms with E-state index in [9.17, 15) is 0 Å². The van der Waals surface area contributed by atoms with Gasteiger partial charge in [-0.1, -0.05) is 26.3 Å². The summed E-state index contributed by atoms with van der Waals surface area (Å²) < 4.78 is 0. The Labute approximate surface area is 105 Å². The van der Waals surface area contributed by atoms with Crippen LogP contribution in [0.4, 0.5) is 11.6 Å². The lowest BCUT2D eigenvalue weighted by atomic mass is 9.99. The minimum Gasteiger partial charge on any atom is -0.370 e. The van der Waals surface area contributed by atoms with Gasteiger partial charge in [0.15, 0.2) is 0 Å². The second-order valence-electron chi connectivity index (χ2n) is 5.09. The molecule has 17 heavy (non-hydrogen) atoms. The average Bonchev–Trinajstić information content (AvgIpc) is 2.26. The van der Waals surface area contributed by atoms with E-state index in [4.69, 9.17) is 0 Å². The van der Waals surface area contributed by atoms with Crippen molar-refractivity contribution in [1.82, 2.24) is 4.98 Å². The first-order valence-corrected chi connectivity index (χ1v) is 6.56. The number of anilines is 2. The zero-order valence-electron chi connectivity index (χ0n) is 11.5. The lowest BCUT2D eigenvalue weighted by Gasteiger charge is -2.26. The highest BCUT2D eigenvalue weighted by Gasteiger charge is 2.16. The molecule has 0 aromatic carbocycles. The predicted molar refractivity (Wildman–Crippen MR) is 75.6 cm³/mol. The van der Waals surface area contributed by atoms with E-state index in [2.05, 4.69) is 43.3 Å². The standard InChI is InChI=1S/C14H25N3/c1-5-10-14(3,4)17-13-9-7-8-12(16-13)15-11-6-2/h7-9H,5-6,10-11H2,1-4H3,(H2,15,16,17). The van der Waals surface area contributed by atoms with Crippen molar-refractivity contribution in [2.75, 3.05) is 17.2 Å². The Hall–Kier alpha value is -1.25. The third-order valence-electron chi connectivity index (χ3n) is 2.65. The van der Waals surface area contributed by atoms with Crippen LogP contribution in [0.3, 0.4) is 0 Å². The van der Waals surface area contributed by atoms with Crippen LogP contribution in [0.15, 0.2) is 18.2 Å². The normalized spacial score (nSPS) is 11.3. The summed E-state index contributed by atoms with van der Waals surface area (Å²) in [6.07, 6.45) is 3.43. The third-order valence-corrected chi connectivity index (χ3v) is 2.65. The van der Waals surface area contributed by atoms with Gasteiger partial charge in [-0.15, -0.1) is 0 Å². The summed E-state index contributed by atoms with van der Waals surface area (Å²) in [7, 11) is 0. The average molecular weight is 235 g/mol. The molecule has 0 amide bonds. The third kappa shape index (κ3) is 5.07. The lowest BCUT2D eigenvalue weighted by Crippen LogP contribution is -2.30. The van der Waals surface area contributed by atoms with Crippen LogP contribution in [0.5, 0.6) is 0 Å². The molecule has 0 atom stereocenters. The number of nitrogens with one attached hydrogen (secondary N) is 2. The molecule has 0 aliphatic heterocycles. The molecule has 1 aromatic rings. The largest absolute Gasteiger partial charge is 0.370 e. The Balaban J connectivity index is 2.64. The molecular weight excluding hydrogens is 210 g/mol. The molecule has 1 rings (SSSR count). The summed E-state index contributed by atoms with van der Waals surface area (Å²) in [5.41, 5.74) is 0.102. The Morgan fingerprint density at radius 1 is 1.12 bits per heavy atom. The molecule has 0 saturated carbocycles. The van der Waals surface area contributed by atoms with Crippen LogP contribution in [0.1, 0.15) is 47.0 Å². The van der Waals surface area contributed by atoms with Crippen molar-refractivity contribution in [3.63, 3.8) is 0 Å². The first-order chi connectivity index (χ1) is 8.07. The molecular formula is C14H25N3. The molecule has 0 aliphatic carbocycles. The van der Waals surface area contributed by atoms with Crippen molar-refractivity contribution >= 4 is 11.6 Å².